The maximum Gasteiger partial charge on any atom is 0.396 e. The summed E-state index contributed by atoms with van der Waals surface area (Å²) in [6.45, 7) is 1.72. The van der Waals surface area contributed by atoms with E-state index in [0.29, 0.717) is 33.4 Å². The number of methoxy groups -OCH3 is 1. The highest BCUT2D eigenvalue weighted by Gasteiger charge is 2.12. The molecular weight excluding hydrogens is 379 g/mol. The van der Waals surface area contributed by atoms with E-state index in [1.165, 1.54) is 18.0 Å². The number of benzene rings is 1. The monoisotopic (exact) mass is 392 g/mol. The lowest BCUT2D eigenvalue weighted by molar-refractivity contribution is 0.408. The summed E-state index contributed by atoms with van der Waals surface area (Å²) in [6.07, 6.45) is 1.54. The number of nitrogens with one attached hydrogen (secondary N) is 1. The van der Waals surface area contributed by atoms with Crippen molar-refractivity contribution >= 4 is 58.6 Å². The van der Waals surface area contributed by atoms with Gasteiger partial charge in [0, 0.05) is 5.56 Å². The van der Waals surface area contributed by atoms with Gasteiger partial charge in [-0.3, -0.25) is 0 Å². The highest BCUT2D eigenvalue weighted by atomic mass is 35.5. The number of hydrazone groups is 1. The molecule has 0 radical (unpaired) electrons. The molecular formula is C12H14Cl2N6O3S. The molecule has 0 amide bonds. The number of aryl methyl sites for hydroxylation is 1. The molecule has 3 aromatic rings. The van der Waals surface area contributed by atoms with Gasteiger partial charge in [-0.25, -0.2) is 14.9 Å². The minimum atomic E-state index is -0.403. The molecule has 130 valence electrons. The Balaban J connectivity index is 0.00000144. The zero-order valence-corrected chi connectivity index (χ0v) is 15.0. The Morgan fingerprint density at radius 1 is 1.42 bits per heavy atom. The molecule has 0 aliphatic heterocycles. The summed E-state index contributed by atoms with van der Waals surface area (Å²) >= 11 is 0.983. The second kappa shape index (κ2) is 7.99. The van der Waals surface area contributed by atoms with Crippen LogP contribution < -0.4 is 20.9 Å². The largest absolute Gasteiger partial charge is 0.493 e. The molecule has 12 heteroatoms. The second-order valence-corrected chi connectivity index (χ2v) is 5.23. The van der Waals surface area contributed by atoms with E-state index in [4.69, 9.17) is 15.0 Å². The second-order valence-electron chi connectivity index (χ2n) is 4.28. The van der Waals surface area contributed by atoms with E-state index in [1.54, 1.807) is 19.1 Å². The Kier molecular flexibility index (Phi) is 6.58. The number of nitrogens with zero attached hydrogens (tertiary/aromatic N) is 4. The third-order valence-electron chi connectivity index (χ3n) is 2.93. The lowest BCUT2D eigenvalue weighted by Crippen LogP contribution is -2.13. The summed E-state index contributed by atoms with van der Waals surface area (Å²) in [5, 5.41) is 11.7. The molecule has 2 heterocycles. The van der Waals surface area contributed by atoms with E-state index in [-0.39, 0.29) is 24.8 Å². The van der Waals surface area contributed by atoms with Crippen LogP contribution in [0.3, 0.4) is 0 Å². The summed E-state index contributed by atoms with van der Waals surface area (Å²) < 4.78 is 12.2. The van der Waals surface area contributed by atoms with Crippen LogP contribution in [-0.2, 0) is 0 Å². The predicted molar refractivity (Wildman–Crippen MR) is 97.5 cm³/mol. The Labute approximate surface area is 152 Å². The van der Waals surface area contributed by atoms with Crippen molar-refractivity contribution in [1.82, 2.24) is 14.9 Å². The van der Waals surface area contributed by atoms with Crippen molar-refractivity contribution in [2.45, 2.75) is 6.92 Å². The van der Waals surface area contributed by atoms with Crippen molar-refractivity contribution in [3.05, 3.63) is 33.3 Å². The van der Waals surface area contributed by atoms with Crippen LogP contribution in [0.4, 0.5) is 5.95 Å². The Bertz CT molecular complexity index is 919. The van der Waals surface area contributed by atoms with Crippen molar-refractivity contribution in [3.8, 4) is 5.75 Å². The number of hydrogen-bond acceptors (Lipinski definition) is 9. The van der Waals surface area contributed by atoms with Crippen LogP contribution in [0.2, 0.25) is 0 Å². The van der Waals surface area contributed by atoms with Crippen LogP contribution in [0, 0.1) is 6.92 Å². The Hall–Kier alpha value is -2.30. The van der Waals surface area contributed by atoms with Gasteiger partial charge >= 0.3 is 4.94 Å². The van der Waals surface area contributed by atoms with E-state index in [2.05, 4.69) is 20.7 Å². The highest BCUT2D eigenvalue weighted by molar-refractivity contribution is 7.16. The molecule has 0 spiro atoms. The van der Waals surface area contributed by atoms with Crippen LogP contribution in [0.1, 0.15) is 11.4 Å². The van der Waals surface area contributed by atoms with Gasteiger partial charge in [-0.05, 0) is 19.1 Å². The number of hydrogen-bond donors (Lipinski definition) is 2. The third kappa shape index (κ3) is 3.61. The molecule has 0 aliphatic carbocycles. The van der Waals surface area contributed by atoms with Crippen molar-refractivity contribution < 1.29 is 9.15 Å². The number of nitrogen functional groups attached to an aromatic ring is 1. The van der Waals surface area contributed by atoms with Crippen molar-refractivity contribution in [3.63, 3.8) is 0 Å². The van der Waals surface area contributed by atoms with Gasteiger partial charge in [-0.1, -0.05) is 11.3 Å². The molecule has 9 nitrogen and oxygen atoms in total. The molecule has 0 fully saturated rings. The lowest BCUT2D eigenvalue weighted by Gasteiger charge is -2.02. The number of aromatic nitrogens is 3. The topological polar surface area (TPSA) is 121 Å². The van der Waals surface area contributed by atoms with Gasteiger partial charge in [0.2, 0.25) is 0 Å². The van der Waals surface area contributed by atoms with Crippen LogP contribution in [0.5, 0.6) is 5.75 Å². The fourth-order valence-electron chi connectivity index (χ4n) is 1.82. The summed E-state index contributed by atoms with van der Waals surface area (Å²) in [6, 6.07) is 3.48. The SMILES string of the molecule is COc1ccc(/C=N/Nc2nnc(C)n2N)c2sc(=O)oc12.Cl.Cl. The fraction of sp³-hybridized carbons (Fsp3) is 0.167. The van der Waals surface area contributed by atoms with Crippen LogP contribution >= 0.6 is 36.2 Å². The molecule has 2 aromatic heterocycles. The van der Waals surface area contributed by atoms with E-state index in [0.717, 1.165) is 11.3 Å². The molecule has 3 N–H and O–H groups in total. The zero-order valence-electron chi connectivity index (χ0n) is 12.5. The molecule has 0 saturated carbocycles. The summed E-state index contributed by atoms with van der Waals surface area (Å²) in [4.78, 5) is 11.0. The van der Waals surface area contributed by atoms with Gasteiger partial charge in [-0.15, -0.1) is 35.0 Å². The predicted octanol–water partition coefficient (Wildman–Crippen LogP) is 1.77. The number of anilines is 1. The first-order valence-electron chi connectivity index (χ1n) is 6.17. The first-order chi connectivity index (χ1) is 10.6. The van der Waals surface area contributed by atoms with E-state index < -0.39 is 4.94 Å². The highest BCUT2D eigenvalue weighted by Crippen LogP contribution is 2.29. The summed E-state index contributed by atoms with van der Waals surface area (Å²) in [5.74, 6) is 7.05. The molecule has 0 bridgehead atoms. The molecule has 0 unspecified atom stereocenters. The lowest BCUT2D eigenvalue weighted by atomic mass is 10.2. The normalized spacial score (nSPS) is 10.4. The average molecular weight is 393 g/mol. The van der Waals surface area contributed by atoms with Gasteiger partial charge in [0.05, 0.1) is 18.0 Å². The quantitative estimate of drug-likeness (QED) is 0.394. The Morgan fingerprint density at radius 3 is 2.79 bits per heavy atom. The molecule has 0 saturated heterocycles. The van der Waals surface area contributed by atoms with Crippen LogP contribution in [-0.4, -0.2) is 28.2 Å². The average Bonchev–Trinajstić information content (AvgIpc) is 3.04. The molecule has 0 aliphatic rings. The maximum atomic E-state index is 11.4. The molecule has 0 atom stereocenters. The van der Waals surface area contributed by atoms with Crippen LogP contribution in [0.25, 0.3) is 10.3 Å². The number of fused-ring (bicyclic) bond motifs is 1. The van der Waals surface area contributed by atoms with Crippen molar-refractivity contribution in [2.75, 3.05) is 18.4 Å². The minimum Gasteiger partial charge on any atom is -0.493 e. The standard InChI is InChI=1S/C12H12N6O3S.2ClH/c1-6-15-17-11(18(6)13)16-14-5-7-3-4-8(20-2)9-10(7)22-12(19)21-9;;/h3-5H,13H2,1-2H3,(H,16,17);2*1H/b14-5+;;. The van der Waals surface area contributed by atoms with Gasteiger partial charge in [0.15, 0.2) is 17.2 Å². The molecule has 1 aromatic carbocycles. The van der Waals surface area contributed by atoms with Crippen molar-refractivity contribution in [2.24, 2.45) is 5.10 Å². The van der Waals surface area contributed by atoms with Gasteiger partial charge < -0.3 is 15.0 Å². The fourth-order valence-corrected chi connectivity index (χ4v) is 2.58. The Morgan fingerprint density at radius 2 is 2.17 bits per heavy atom. The van der Waals surface area contributed by atoms with E-state index >= 15 is 0 Å². The van der Waals surface area contributed by atoms with E-state index in [9.17, 15) is 4.79 Å². The number of halogens is 2. The van der Waals surface area contributed by atoms with Gasteiger partial charge in [0.1, 0.15) is 0 Å². The smallest absolute Gasteiger partial charge is 0.396 e. The maximum absolute atomic E-state index is 11.4. The summed E-state index contributed by atoms with van der Waals surface area (Å²) in [5.41, 5.74) is 3.79. The molecule has 3 rings (SSSR count). The first kappa shape index (κ1) is 19.7. The number of ether oxygens (including phenoxy) is 1. The van der Waals surface area contributed by atoms with Gasteiger partial charge in [-0.2, -0.15) is 5.10 Å². The van der Waals surface area contributed by atoms with Crippen molar-refractivity contribution in [1.29, 1.82) is 0 Å². The minimum absolute atomic E-state index is 0. The van der Waals surface area contributed by atoms with E-state index in [1.807, 2.05) is 0 Å². The zero-order chi connectivity index (χ0) is 15.7. The number of nitrogens with two attached hydrogens (primary N) is 1. The van der Waals surface area contributed by atoms with Gasteiger partial charge in [0.25, 0.3) is 5.95 Å². The summed E-state index contributed by atoms with van der Waals surface area (Å²) in [7, 11) is 1.51. The first-order valence-corrected chi connectivity index (χ1v) is 6.98. The van der Waals surface area contributed by atoms with Crippen LogP contribution in [0.15, 0.2) is 26.4 Å². The number of rotatable bonds is 4. The third-order valence-corrected chi connectivity index (χ3v) is 3.81. The molecule has 24 heavy (non-hydrogen) atoms.